The van der Waals surface area contributed by atoms with Crippen molar-refractivity contribution in [2.24, 2.45) is 0 Å². The lowest BCUT2D eigenvalue weighted by molar-refractivity contribution is -0.131. The molecule has 2 aromatic carbocycles. The third-order valence-corrected chi connectivity index (χ3v) is 4.61. The van der Waals surface area contributed by atoms with Crippen molar-refractivity contribution in [2.45, 2.75) is 26.2 Å². The summed E-state index contributed by atoms with van der Waals surface area (Å²) in [4.78, 5) is 25.8. The molecule has 1 aliphatic rings. The Hall–Kier alpha value is -2.88. The highest BCUT2D eigenvalue weighted by atomic mass is 16.5. The number of carbonyl (C=O) groups excluding carboxylic acids is 2. The third-order valence-electron chi connectivity index (χ3n) is 4.61. The van der Waals surface area contributed by atoms with E-state index in [4.69, 9.17) is 4.74 Å². The number of ketones is 1. The summed E-state index contributed by atoms with van der Waals surface area (Å²) in [6, 6.07) is 14.8. The monoisotopic (exact) mass is 335 g/mol. The molecule has 0 atom stereocenters. The molecule has 128 valence electrons. The Kier molecular flexibility index (Phi) is 4.21. The van der Waals surface area contributed by atoms with Gasteiger partial charge in [-0.2, -0.15) is 0 Å². The Morgan fingerprint density at radius 1 is 1.04 bits per heavy atom. The van der Waals surface area contributed by atoms with Crippen LogP contribution in [0.2, 0.25) is 0 Å². The maximum atomic E-state index is 12.7. The van der Waals surface area contributed by atoms with Crippen LogP contribution >= 0.6 is 0 Å². The number of benzene rings is 2. The zero-order valence-corrected chi connectivity index (χ0v) is 14.9. The molecule has 0 bridgehead atoms. The first-order chi connectivity index (χ1) is 11.8. The second kappa shape index (κ2) is 6.20. The maximum Gasteiger partial charge on any atom is 0.308 e. The molecule has 4 heteroatoms. The van der Waals surface area contributed by atoms with Gasteiger partial charge < -0.3 is 9.64 Å². The molecule has 0 unspecified atom stereocenters. The fraction of sp³-hybridized carbons (Fsp3) is 0.238. The Balaban J connectivity index is 1.90. The molecular weight excluding hydrogens is 314 g/mol. The summed E-state index contributed by atoms with van der Waals surface area (Å²) in [5.74, 6) is -0.0205. The van der Waals surface area contributed by atoms with E-state index in [2.05, 4.69) is 30.9 Å². The largest absolute Gasteiger partial charge is 0.427 e. The molecular formula is C21H21NO3. The molecule has 25 heavy (non-hydrogen) atoms. The minimum atomic E-state index is -0.381. The van der Waals surface area contributed by atoms with E-state index in [-0.39, 0.29) is 17.2 Å². The van der Waals surface area contributed by atoms with Gasteiger partial charge in [0.05, 0.1) is 0 Å². The SMILES string of the molecule is CC(=O)Oc1ccc(C(=O)C=C2N(C)c3ccccc3C2(C)C)cc1. The van der Waals surface area contributed by atoms with Gasteiger partial charge in [-0.15, -0.1) is 0 Å². The van der Waals surface area contributed by atoms with E-state index in [0.717, 1.165) is 11.4 Å². The van der Waals surface area contributed by atoms with E-state index in [0.29, 0.717) is 11.3 Å². The maximum absolute atomic E-state index is 12.7. The van der Waals surface area contributed by atoms with Crippen LogP contribution in [0.25, 0.3) is 0 Å². The van der Waals surface area contributed by atoms with Crippen LogP contribution in [0.4, 0.5) is 5.69 Å². The zero-order valence-electron chi connectivity index (χ0n) is 14.9. The lowest BCUT2D eigenvalue weighted by atomic mass is 9.83. The minimum absolute atomic E-state index is 0.0721. The molecule has 1 aliphatic heterocycles. The van der Waals surface area contributed by atoms with E-state index < -0.39 is 0 Å². The average molecular weight is 335 g/mol. The minimum Gasteiger partial charge on any atom is -0.427 e. The standard InChI is InChI=1S/C21H21NO3/c1-14(23)25-16-11-9-15(10-12-16)19(24)13-20-21(2,3)17-7-5-6-8-18(17)22(20)4/h5-13H,1-4H3. The number of hydrogen-bond donors (Lipinski definition) is 0. The number of nitrogens with zero attached hydrogens (tertiary/aromatic N) is 1. The number of hydrogen-bond acceptors (Lipinski definition) is 4. The van der Waals surface area contributed by atoms with Gasteiger partial charge in [0.25, 0.3) is 0 Å². The number of carbonyl (C=O) groups is 2. The lowest BCUT2D eigenvalue weighted by Gasteiger charge is -2.24. The van der Waals surface area contributed by atoms with E-state index in [9.17, 15) is 9.59 Å². The zero-order chi connectivity index (χ0) is 18.2. The summed E-state index contributed by atoms with van der Waals surface area (Å²) in [5.41, 5.74) is 3.61. The first-order valence-corrected chi connectivity index (χ1v) is 8.19. The summed E-state index contributed by atoms with van der Waals surface area (Å²) in [6.45, 7) is 5.59. The number of allylic oxidation sites excluding steroid dienone is 2. The Labute approximate surface area is 147 Å². The van der Waals surface area contributed by atoms with Crippen LogP contribution in [-0.2, 0) is 10.2 Å². The number of rotatable bonds is 3. The quantitative estimate of drug-likeness (QED) is 0.367. The Bertz CT molecular complexity index is 863. The van der Waals surface area contributed by atoms with Crippen molar-refractivity contribution < 1.29 is 14.3 Å². The predicted molar refractivity (Wildman–Crippen MR) is 98.0 cm³/mol. The predicted octanol–water partition coefficient (Wildman–Crippen LogP) is 4.11. The van der Waals surface area contributed by atoms with Crippen LogP contribution in [0, 0.1) is 0 Å². The van der Waals surface area contributed by atoms with Gasteiger partial charge >= 0.3 is 5.97 Å². The average Bonchev–Trinajstić information content (AvgIpc) is 2.76. The van der Waals surface area contributed by atoms with Gasteiger partial charge in [-0.3, -0.25) is 9.59 Å². The molecule has 0 aromatic heterocycles. The Morgan fingerprint density at radius 3 is 2.28 bits per heavy atom. The second-order valence-corrected chi connectivity index (χ2v) is 6.71. The molecule has 1 heterocycles. The molecule has 0 spiro atoms. The van der Waals surface area contributed by atoms with Crippen LogP contribution in [0.1, 0.15) is 36.7 Å². The summed E-state index contributed by atoms with van der Waals surface area (Å²) in [6.07, 6.45) is 1.70. The number of esters is 1. The molecule has 0 fully saturated rings. The molecule has 2 aromatic rings. The fourth-order valence-corrected chi connectivity index (χ4v) is 3.32. The number of para-hydroxylation sites is 1. The van der Waals surface area contributed by atoms with Gasteiger partial charge in [0, 0.05) is 42.4 Å². The Morgan fingerprint density at radius 2 is 1.68 bits per heavy atom. The molecule has 0 saturated heterocycles. The van der Waals surface area contributed by atoms with Crippen molar-refractivity contribution >= 4 is 17.4 Å². The van der Waals surface area contributed by atoms with Gasteiger partial charge in [-0.1, -0.05) is 32.0 Å². The van der Waals surface area contributed by atoms with E-state index in [1.807, 2.05) is 19.2 Å². The van der Waals surface area contributed by atoms with Crippen LogP contribution in [0.15, 0.2) is 60.3 Å². The summed E-state index contributed by atoms with van der Waals surface area (Å²) in [5, 5.41) is 0. The van der Waals surface area contributed by atoms with Crippen molar-refractivity contribution in [1.29, 1.82) is 0 Å². The smallest absolute Gasteiger partial charge is 0.308 e. The van der Waals surface area contributed by atoms with Gasteiger partial charge in [0.2, 0.25) is 0 Å². The van der Waals surface area contributed by atoms with Crippen molar-refractivity contribution in [2.75, 3.05) is 11.9 Å². The summed E-state index contributed by atoms with van der Waals surface area (Å²) < 4.78 is 5.00. The first kappa shape index (κ1) is 17.0. The van der Waals surface area contributed by atoms with Gasteiger partial charge in [-0.05, 0) is 35.9 Å². The number of ether oxygens (including phenoxy) is 1. The van der Waals surface area contributed by atoms with Crippen molar-refractivity contribution in [1.82, 2.24) is 0 Å². The topological polar surface area (TPSA) is 46.6 Å². The normalized spacial score (nSPS) is 16.6. The van der Waals surface area contributed by atoms with Gasteiger partial charge in [0.1, 0.15) is 5.75 Å². The van der Waals surface area contributed by atoms with E-state index in [1.165, 1.54) is 12.5 Å². The van der Waals surface area contributed by atoms with Crippen LogP contribution in [0.5, 0.6) is 5.75 Å². The number of anilines is 1. The van der Waals surface area contributed by atoms with Gasteiger partial charge in [0.15, 0.2) is 5.78 Å². The third kappa shape index (κ3) is 3.07. The highest BCUT2D eigenvalue weighted by Gasteiger charge is 2.38. The summed E-state index contributed by atoms with van der Waals surface area (Å²) >= 11 is 0. The van der Waals surface area contributed by atoms with Crippen LogP contribution in [-0.4, -0.2) is 18.8 Å². The highest BCUT2D eigenvalue weighted by molar-refractivity contribution is 6.05. The van der Waals surface area contributed by atoms with Crippen molar-refractivity contribution in [3.05, 3.63) is 71.4 Å². The van der Waals surface area contributed by atoms with Crippen molar-refractivity contribution in [3.8, 4) is 5.75 Å². The van der Waals surface area contributed by atoms with E-state index >= 15 is 0 Å². The molecule has 3 rings (SSSR count). The molecule has 0 aliphatic carbocycles. The molecule has 0 N–H and O–H groups in total. The second-order valence-electron chi connectivity index (χ2n) is 6.71. The number of fused-ring (bicyclic) bond motifs is 1. The highest BCUT2D eigenvalue weighted by Crippen LogP contribution is 2.46. The fourth-order valence-electron chi connectivity index (χ4n) is 3.32. The van der Waals surface area contributed by atoms with Crippen LogP contribution < -0.4 is 9.64 Å². The van der Waals surface area contributed by atoms with E-state index in [1.54, 1.807) is 30.3 Å². The lowest BCUT2D eigenvalue weighted by Crippen LogP contribution is -2.24. The molecule has 0 amide bonds. The van der Waals surface area contributed by atoms with Crippen molar-refractivity contribution in [3.63, 3.8) is 0 Å². The molecule has 0 radical (unpaired) electrons. The van der Waals surface area contributed by atoms with Gasteiger partial charge in [-0.25, -0.2) is 0 Å². The molecule has 4 nitrogen and oxygen atoms in total. The first-order valence-electron chi connectivity index (χ1n) is 8.19. The summed E-state index contributed by atoms with van der Waals surface area (Å²) in [7, 11) is 1.98. The number of likely N-dealkylation sites (N-methyl/N-ethyl adjacent to an activating group) is 1. The molecule has 0 saturated carbocycles. The van der Waals surface area contributed by atoms with Crippen LogP contribution in [0.3, 0.4) is 0 Å².